The van der Waals surface area contributed by atoms with E-state index in [0.29, 0.717) is 0 Å². The van der Waals surface area contributed by atoms with E-state index in [2.05, 4.69) is 15.4 Å². The number of ether oxygens (including phenoxy) is 1. The molecule has 8 nitrogen and oxygen atoms in total. The Labute approximate surface area is 115 Å². The van der Waals surface area contributed by atoms with Crippen molar-refractivity contribution in [1.29, 1.82) is 0 Å². The summed E-state index contributed by atoms with van der Waals surface area (Å²) < 4.78 is 4.55. The van der Waals surface area contributed by atoms with Crippen LogP contribution in [0.4, 0.5) is 11.4 Å². The number of nitro groups is 1. The van der Waals surface area contributed by atoms with Crippen molar-refractivity contribution in [2.24, 2.45) is 0 Å². The number of benzene rings is 1. The van der Waals surface area contributed by atoms with Gasteiger partial charge in [0.05, 0.1) is 17.6 Å². The summed E-state index contributed by atoms with van der Waals surface area (Å²) in [5.74, 6) is -0.946. The van der Waals surface area contributed by atoms with Gasteiger partial charge in [0.15, 0.2) is 0 Å². The summed E-state index contributed by atoms with van der Waals surface area (Å²) in [4.78, 5) is 33.2. The minimum Gasteiger partial charge on any atom is -0.465 e. The summed E-state index contributed by atoms with van der Waals surface area (Å²) in [6.45, 7) is 1.55. The maximum atomic E-state index is 11.4. The van der Waals surface area contributed by atoms with Crippen LogP contribution in [0.3, 0.4) is 0 Å². The molecule has 1 unspecified atom stereocenters. The molecule has 0 radical (unpaired) electrons. The van der Waals surface area contributed by atoms with Crippen molar-refractivity contribution in [2.45, 2.75) is 13.0 Å². The van der Waals surface area contributed by atoms with Gasteiger partial charge < -0.3 is 15.4 Å². The molecule has 0 bridgehead atoms. The highest BCUT2D eigenvalue weighted by Crippen LogP contribution is 2.26. The van der Waals surface area contributed by atoms with Gasteiger partial charge in [-0.1, -0.05) is 0 Å². The van der Waals surface area contributed by atoms with Crippen molar-refractivity contribution in [2.75, 3.05) is 19.5 Å². The van der Waals surface area contributed by atoms with Crippen LogP contribution in [-0.2, 0) is 9.53 Å². The van der Waals surface area contributed by atoms with Crippen molar-refractivity contribution < 1.29 is 19.2 Å². The number of nitro benzene ring substituents is 1. The maximum absolute atomic E-state index is 11.4. The number of methoxy groups -OCH3 is 1. The highest BCUT2D eigenvalue weighted by Gasteiger charge is 2.20. The largest absolute Gasteiger partial charge is 0.465 e. The van der Waals surface area contributed by atoms with E-state index in [0.717, 1.165) is 0 Å². The molecule has 0 saturated heterocycles. The zero-order chi connectivity index (χ0) is 15.3. The van der Waals surface area contributed by atoms with Crippen LogP contribution in [0, 0.1) is 10.1 Å². The number of esters is 1. The van der Waals surface area contributed by atoms with Gasteiger partial charge in [-0.2, -0.15) is 0 Å². The topological polar surface area (TPSA) is 111 Å². The first-order valence-electron chi connectivity index (χ1n) is 5.75. The first-order chi connectivity index (χ1) is 9.40. The van der Waals surface area contributed by atoms with E-state index in [1.165, 1.54) is 32.4 Å². The third-order valence-corrected chi connectivity index (χ3v) is 2.63. The van der Waals surface area contributed by atoms with Crippen LogP contribution in [0.1, 0.15) is 17.3 Å². The van der Waals surface area contributed by atoms with Crippen molar-refractivity contribution in [3.63, 3.8) is 0 Å². The van der Waals surface area contributed by atoms with Crippen LogP contribution in [0.15, 0.2) is 18.2 Å². The summed E-state index contributed by atoms with van der Waals surface area (Å²) in [6.07, 6.45) is 0. The van der Waals surface area contributed by atoms with Crippen LogP contribution >= 0.6 is 0 Å². The number of amides is 1. The molecule has 1 atom stereocenters. The molecule has 0 aromatic heterocycles. The maximum Gasteiger partial charge on any atom is 0.337 e. The zero-order valence-electron chi connectivity index (χ0n) is 11.3. The van der Waals surface area contributed by atoms with Gasteiger partial charge >= 0.3 is 5.97 Å². The first kappa shape index (κ1) is 15.4. The zero-order valence-corrected chi connectivity index (χ0v) is 11.3. The van der Waals surface area contributed by atoms with E-state index in [1.54, 1.807) is 6.92 Å². The number of rotatable bonds is 5. The predicted molar refractivity (Wildman–Crippen MR) is 71.6 cm³/mol. The Morgan fingerprint density at radius 2 is 2.05 bits per heavy atom. The molecule has 1 rings (SSSR count). The van der Waals surface area contributed by atoms with Crippen LogP contribution in [-0.4, -0.2) is 37.0 Å². The summed E-state index contributed by atoms with van der Waals surface area (Å²) in [7, 11) is 2.67. The van der Waals surface area contributed by atoms with Crippen LogP contribution in [0.25, 0.3) is 0 Å². The number of hydrogen-bond donors (Lipinski definition) is 2. The number of carbonyl (C=O) groups is 2. The van der Waals surface area contributed by atoms with Gasteiger partial charge in [-0.3, -0.25) is 14.9 Å². The predicted octanol–water partition coefficient (Wildman–Crippen LogP) is 0.928. The van der Waals surface area contributed by atoms with Crippen LogP contribution in [0.2, 0.25) is 0 Å². The molecule has 8 heteroatoms. The summed E-state index contributed by atoms with van der Waals surface area (Å²) in [6, 6.07) is 3.07. The molecule has 0 aliphatic carbocycles. The molecule has 1 aromatic rings. The molecule has 108 valence electrons. The second-order valence-electron chi connectivity index (χ2n) is 3.96. The van der Waals surface area contributed by atoms with E-state index in [-0.39, 0.29) is 22.8 Å². The lowest BCUT2D eigenvalue weighted by atomic mass is 10.1. The molecule has 0 heterocycles. The SMILES string of the molecule is CNC(=O)C(C)Nc1cc(C(=O)OC)ccc1[N+](=O)[O-]. The molecule has 20 heavy (non-hydrogen) atoms. The van der Waals surface area contributed by atoms with E-state index < -0.39 is 16.9 Å². The van der Waals surface area contributed by atoms with Crippen molar-refractivity contribution in [1.82, 2.24) is 5.32 Å². The molecular formula is C12H15N3O5. The Morgan fingerprint density at radius 1 is 1.40 bits per heavy atom. The first-order valence-corrected chi connectivity index (χ1v) is 5.75. The fourth-order valence-electron chi connectivity index (χ4n) is 1.57. The lowest BCUT2D eigenvalue weighted by molar-refractivity contribution is -0.384. The fourth-order valence-corrected chi connectivity index (χ4v) is 1.57. The lowest BCUT2D eigenvalue weighted by Gasteiger charge is -2.14. The molecular weight excluding hydrogens is 266 g/mol. The van der Waals surface area contributed by atoms with Crippen LogP contribution < -0.4 is 10.6 Å². The second-order valence-corrected chi connectivity index (χ2v) is 3.96. The molecule has 0 aliphatic rings. The molecule has 1 amide bonds. The molecule has 0 fully saturated rings. The average molecular weight is 281 g/mol. The number of nitrogens with zero attached hydrogens (tertiary/aromatic N) is 1. The molecule has 1 aromatic carbocycles. The second kappa shape index (κ2) is 6.50. The minimum absolute atomic E-state index is 0.0778. The third-order valence-electron chi connectivity index (χ3n) is 2.63. The van der Waals surface area contributed by atoms with Crippen LogP contribution in [0.5, 0.6) is 0 Å². The number of likely N-dealkylation sites (N-methyl/N-ethyl adjacent to an activating group) is 1. The van der Waals surface area contributed by atoms with Gasteiger partial charge in [-0.15, -0.1) is 0 Å². The lowest BCUT2D eigenvalue weighted by Crippen LogP contribution is -2.35. The van der Waals surface area contributed by atoms with E-state index in [9.17, 15) is 19.7 Å². The third kappa shape index (κ3) is 3.44. The van der Waals surface area contributed by atoms with E-state index in [4.69, 9.17) is 0 Å². The Hall–Kier alpha value is -2.64. The van der Waals surface area contributed by atoms with Gasteiger partial charge in [0.25, 0.3) is 5.69 Å². The number of nitrogens with one attached hydrogen (secondary N) is 2. The van der Waals surface area contributed by atoms with Crippen molar-refractivity contribution in [3.8, 4) is 0 Å². The van der Waals surface area contributed by atoms with Gasteiger partial charge in [0.2, 0.25) is 5.91 Å². The van der Waals surface area contributed by atoms with Gasteiger partial charge in [-0.25, -0.2) is 4.79 Å². The van der Waals surface area contributed by atoms with E-state index in [1.807, 2.05) is 0 Å². The number of carbonyl (C=O) groups excluding carboxylic acids is 2. The van der Waals surface area contributed by atoms with Gasteiger partial charge in [0.1, 0.15) is 11.7 Å². The highest BCUT2D eigenvalue weighted by molar-refractivity contribution is 5.92. The Morgan fingerprint density at radius 3 is 2.55 bits per heavy atom. The van der Waals surface area contributed by atoms with Gasteiger partial charge in [-0.05, 0) is 19.1 Å². The van der Waals surface area contributed by atoms with Crippen molar-refractivity contribution >= 4 is 23.3 Å². The molecule has 0 saturated carbocycles. The minimum atomic E-state index is -0.688. The standard InChI is InChI=1S/C12H15N3O5/c1-7(11(16)13-2)14-9-6-8(12(17)20-3)4-5-10(9)15(18)19/h4-7,14H,1-3H3,(H,13,16). The quantitative estimate of drug-likeness (QED) is 0.472. The Balaban J connectivity index is 3.15. The molecule has 0 aliphatic heterocycles. The summed E-state index contributed by atoms with van der Waals surface area (Å²) >= 11 is 0. The highest BCUT2D eigenvalue weighted by atomic mass is 16.6. The smallest absolute Gasteiger partial charge is 0.337 e. The molecule has 0 spiro atoms. The van der Waals surface area contributed by atoms with E-state index >= 15 is 0 Å². The Kier molecular flexibility index (Phi) is 5.01. The monoisotopic (exact) mass is 281 g/mol. The molecule has 2 N–H and O–H groups in total. The van der Waals surface area contributed by atoms with Crippen molar-refractivity contribution in [3.05, 3.63) is 33.9 Å². The fraction of sp³-hybridized carbons (Fsp3) is 0.333. The number of anilines is 1. The van der Waals surface area contributed by atoms with Gasteiger partial charge in [0, 0.05) is 13.1 Å². The average Bonchev–Trinajstić information content (AvgIpc) is 2.44. The summed E-state index contributed by atoms with van der Waals surface area (Å²) in [5.41, 5.74) is 0.00659. The normalized spacial score (nSPS) is 11.3. The summed E-state index contributed by atoms with van der Waals surface area (Å²) in [5, 5.41) is 16.1. The number of hydrogen-bond acceptors (Lipinski definition) is 6. The Bertz CT molecular complexity index is 544.